The van der Waals surface area contributed by atoms with Gasteiger partial charge in [0.15, 0.2) is 0 Å². The van der Waals surface area contributed by atoms with Crippen LogP contribution in [-0.4, -0.2) is 11.2 Å². The summed E-state index contributed by atoms with van der Waals surface area (Å²) in [4.78, 5) is 0. The van der Waals surface area contributed by atoms with Crippen LogP contribution in [0.3, 0.4) is 0 Å². The molecule has 0 aromatic rings. The lowest BCUT2D eigenvalue weighted by atomic mass is 9.89. The summed E-state index contributed by atoms with van der Waals surface area (Å²) in [5, 5.41) is 10.3. The maximum absolute atomic E-state index is 10.3. The van der Waals surface area contributed by atoms with Gasteiger partial charge in [-0.05, 0) is 113 Å². The molecular formula is C52H70O. The van der Waals surface area contributed by atoms with E-state index in [4.69, 9.17) is 6.42 Å². The molecule has 0 heterocycles. The van der Waals surface area contributed by atoms with E-state index in [-0.39, 0.29) is 0 Å². The molecule has 53 heavy (non-hydrogen) atoms. The summed E-state index contributed by atoms with van der Waals surface area (Å²) < 4.78 is 0. The molecule has 0 amide bonds. The zero-order valence-electron chi connectivity index (χ0n) is 33.9. The third-order valence-electron chi connectivity index (χ3n) is 9.46. The predicted molar refractivity (Wildman–Crippen MR) is 230 cm³/mol. The smallest absolute Gasteiger partial charge is 0.115 e. The third kappa shape index (κ3) is 42.3. The second-order valence-electron chi connectivity index (χ2n) is 14.2. The largest absolute Gasteiger partial charge is 0.380 e. The van der Waals surface area contributed by atoms with Crippen molar-refractivity contribution in [3.05, 3.63) is 0 Å². The van der Waals surface area contributed by atoms with Crippen molar-refractivity contribution in [1.29, 1.82) is 0 Å². The van der Waals surface area contributed by atoms with Crippen LogP contribution in [0.2, 0.25) is 0 Å². The van der Waals surface area contributed by atoms with E-state index in [9.17, 15) is 5.11 Å². The van der Waals surface area contributed by atoms with Crippen molar-refractivity contribution in [3.8, 4) is 107 Å². The van der Waals surface area contributed by atoms with Crippen LogP contribution in [0.25, 0.3) is 0 Å². The zero-order chi connectivity index (χ0) is 38.4. The molecule has 0 bridgehead atoms. The van der Waals surface area contributed by atoms with Crippen molar-refractivity contribution in [2.45, 2.75) is 213 Å². The van der Waals surface area contributed by atoms with E-state index in [0.717, 1.165) is 12.3 Å². The van der Waals surface area contributed by atoms with Gasteiger partial charge in [-0.2, -0.15) is 0 Å². The van der Waals surface area contributed by atoms with Gasteiger partial charge in [0.05, 0.1) is 0 Å². The Hall–Kier alpha value is -4.00. The summed E-state index contributed by atoms with van der Waals surface area (Å²) >= 11 is 0. The molecule has 1 N–H and O–H groups in total. The van der Waals surface area contributed by atoms with Crippen LogP contribution < -0.4 is 0 Å². The van der Waals surface area contributed by atoms with Gasteiger partial charge in [-0.3, -0.25) is 0 Å². The van der Waals surface area contributed by atoms with Gasteiger partial charge in [-0.1, -0.05) is 200 Å². The summed E-state index contributed by atoms with van der Waals surface area (Å²) in [5.74, 6) is 44.2. The normalized spacial score (nSPS) is 9.79. The molecule has 284 valence electrons. The van der Waals surface area contributed by atoms with Crippen molar-refractivity contribution in [2.24, 2.45) is 5.92 Å². The van der Waals surface area contributed by atoms with Crippen molar-refractivity contribution < 1.29 is 5.11 Å². The third-order valence-corrected chi connectivity index (χ3v) is 9.46. The molecule has 0 saturated heterocycles. The van der Waals surface area contributed by atoms with Gasteiger partial charge >= 0.3 is 0 Å². The highest BCUT2D eigenvalue weighted by atomic mass is 16.3. The standard InChI is InChI=1S/C52H70O/c1-4-7-10-13-16-19-22-25-26-27-28-31-34-37-40-43-49-52(53)50-45-44-48-51(46-41-38-35-32-29-23-20-17-14-11-8-5-2)47-42-39-36-33-30-24-21-18-15-12-9-6-3/h1,51-53H,5-6,8-9,11-12,14-15,17-18,20-21,23-24,29-30,32-33,35-36,38-39,41-42,44-48,50H2,2-3H3. The Bertz CT molecular complexity index is 1410. The van der Waals surface area contributed by atoms with E-state index in [1.54, 1.807) is 0 Å². The van der Waals surface area contributed by atoms with E-state index >= 15 is 0 Å². The Morgan fingerprint density at radius 1 is 0.321 bits per heavy atom. The average Bonchev–Trinajstić information content (AvgIpc) is 3.16. The fourth-order valence-electron chi connectivity index (χ4n) is 6.39. The minimum Gasteiger partial charge on any atom is -0.380 e. The monoisotopic (exact) mass is 711 g/mol. The van der Waals surface area contributed by atoms with Crippen molar-refractivity contribution in [1.82, 2.24) is 0 Å². The molecule has 0 saturated carbocycles. The van der Waals surface area contributed by atoms with Gasteiger partial charge in [-0.15, -0.1) is 6.42 Å². The summed E-state index contributed by atoms with van der Waals surface area (Å²) in [6.45, 7) is 4.58. The molecule has 1 nitrogen and oxygen atoms in total. The number of unbranched alkanes of at least 4 members (excludes halogenated alkanes) is 23. The van der Waals surface area contributed by atoms with Crippen LogP contribution in [0.4, 0.5) is 0 Å². The van der Waals surface area contributed by atoms with Gasteiger partial charge in [-0.25, -0.2) is 0 Å². The lowest BCUT2D eigenvalue weighted by Gasteiger charge is -2.17. The van der Waals surface area contributed by atoms with Gasteiger partial charge in [0.2, 0.25) is 0 Å². The molecule has 0 aliphatic carbocycles. The first-order valence-corrected chi connectivity index (χ1v) is 21.4. The lowest BCUT2D eigenvalue weighted by molar-refractivity contribution is 0.215. The fraction of sp³-hybridized carbons (Fsp3) is 0.654. The Morgan fingerprint density at radius 2 is 0.566 bits per heavy atom. The Kier molecular flexibility index (Phi) is 40.8. The lowest BCUT2D eigenvalue weighted by Crippen LogP contribution is -2.05. The number of aliphatic hydroxyl groups excluding tert-OH is 1. The Morgan fingerprint density at radius 3 is 0.887 bits per heavy atom. The van der Waals surface area contributed by atoms with Crippen LogP contribution in [-0.2, 0) is 0 Å². The first kappa shape index (κ1) is 49.0. The van der Waals surface area contributed by atoms with Gasteiger partial charge in [0.25, 0.3) is 0 Å². The van der Waals surface area contributed by atoms with E-state index in [0.29, 0.717) is 6.42 Å². The topological polar surface area (TPSA) is 20.2 Å². The van der Waals surface area contributed by atoms with Crippen molar-refractivity contribution in [2.75, 3.05) is 0 Å². The summed E-state index contributed by atoms with van der Waals surface area (Å²) in [7, 11) is 0. The number of aliphatic hydroxyl groups is 1. The first-order chi connectivity index (χ1) is 26.2. The molecule has 1 atom stereocenters. The number of rotatable bonds is 31. The molecule has 0 fully saturated rings. The second kappa shape index (κ2) is 44.2. The molecule has 0 radical (unpaired) electrons. The quantitative estimate of drug-likeness (QED) is 0.0561. The SMILES string of the molecule is C#CC#CC#CC#CC#CC#CC#CC#CC#CC(O)CCCCC(CCCCCCCCCCCCCC)CCCCCCCCCCCCCC. The van der Waals surface area contributed by atoms with Crippen molar-refractivity contribution in [3.63, 3.8) is 0 Å². The van der Waals surface area contributed by atoms with Crippen molar-refractivity contribution >= 4 is 0 Å². The fourth-order valence-corrected chi connectivity index (χ4v) is 6.39. The number of hydrogen-bond donors (Lipinski definition) is 1. The summed E-state index contributed by atoms with van der Waals surface area (Å²) in [5.41, 5.74) is 0. The van der Waals surface area contributed by atoms with Crippen LogP contribution in [0.15, 0.2) is 0 Å². The molecule has 0 aromatic carbocycles. The molecule has 0 spiro atoms. The zero-order valence-corrected chi connectivity index (χ0v) is 33.9. The van der Waals surface area contributed by atoms with Gasteiger partial charge < -0.3 is 5.11 Å². The van der Waals surface area contributed by atoms with E-state index in [1.807, 2.05) is 0 Å². The van der Waals surface area contributed by atoms with Crippen LogP contribution >= 0.6 is 0 Å². The molecule has 0 aliphatic rings. The Labute approximate surface area is 329 Å². The molecular weight excluding hydrogens is 641 g/mol. The second-order valence-corrected chi connectivity index (χ2v) is 14.2. The highest BCUT2D eigenvalue weighted by molar-refractivity contribution is 5.46. The average molecular weight is 711 g/mol. The number of hydrogen-bond acceptors (Lipinski definition) is 1. The van der Waals surface area contributed by atoms with Gasteiger partial charge in [0, 0.05) is 0 Å². The maximum atomic E-state index is 10.3. The highest BCUT2D eigenvalue weighted by Crippen LogP contribution is 2.25. The molecule has 1 heteroatoms. The molecule has 0 aliphatic heterocycles. The first-order valence-electron chi connectivity index (χ1n) is 21.4. The molecule has 0 aromatic heterocycles. The minimum atomic E-state index is -0.645. The van der Waals surface area contributed by atoms with Crippen LogP contribution in [0.5, 0.6) is 0 Å². The van der Waals surface area contributed by atoms with E-state index in [2.05, 4.69) is 114 Å². The maximum Gasteiger partial charge on any atom is 0.115 e. The molecule has 0 rings (SSSR count). The van der Waals surface area contributed by atoms with Gasteiger partial charge in [0.1, 0.15) is 6.10 Å². The minimum absolute atomic E-state index is 0.645. The summed E-state index contributed by atoms with van der Waals surface area (Å²) in [6, 6.07) is 0. The predicted octanol–water partition coefficient (Wildman–Crippen LogP) is 12.4. The van der Waals surface area contributed by atoms with E-state index in [1.165, 1.54) is 180 Å². The van der Waals surface area contributed by atoms with Crippen LogP contribution in [0, 0.1) is 113 Å². The number of terminal acetylenes is 1. The van der Waals surface area contributed by atoms with E-state index < -0.39 is 6.10 Å². The molecule has 1 unspecified atom stereocenters. The Balaban J connectivity index is 4.44. The highest BCUT2D eigenvalue weighted by Gasteiger charge is 2.10. The summed E-state index contributed by atoms with van der Waals surface area (Å²) in [6.07, 6.45) is 45.0. The van der Waals surface area contributed by atoms with Crippen LogP contribution in [0.1, 0.15) is 206 Å².